The molecular formula is C16H17NO7S. The molecule has 1 aromatic carbocycles. The standard InChI is InChI=1S/C16H17NO7S/c1-23-11-5-3-10(4-6-11)14(16(19)20)17-15(18)13-8-7-12(24-13)9-25(2,21)22/h3-8,14H,9H2,1-2H3,(H,17,18)(H,19,20). The first-order chi connectivity index (χ1) is 11.7. The number of carboxylic acid groups (broad SMARTS) is 1. The minimum absolute atomic E-state index is 0.101. The van der Waals surface area contributed by atoms with Gasteiger partial charge >= 0.3 is 5.97 Å². The van der Waals surface area contributed by atoms with E-state index >= 15 is 0 Å². The highest BCUT2D eigenvalue weighted by atomic mass is 32.2. The first-order valence-corrected chi connectivity index (χ1v) is 9.19. The van der Waals surface area contributed by atoms with Crippen molar-refractivity contribution in [2.24, 2.45) is 0 Å². The summed E-state index contributed by atoms with van der Waals surface area (Å²) in [6.07, 6.45) is 1.04. The molecule has 1 aromatic heterocycles. The minimum atomic E-state index is -3.31. The first kappa shape index (κ1) is 18.5. The highest BCUT2D eigenvalue weighted by Gasteiger charge is 2.24. The summed E-state index contributed by atoms with van der Waals surface area (Å²) in [5.74, 6) is -1.87. The Morgan fingerprint density at radius 3 is 2.36 bits per heavy atom. The fraction of sp³-hybridized carbons (Fsp3) is 0.250. The van der Waals surface area contributed by atoms with Crippen LogP contribution in [0.15, 0.2) is 40.8 Å². The van der Waals surface area contributed by atoms with E-state index in [0.29, 0.717) is 11.3 Å². The molecule has 2 rings (SSSR count). The summed E-state index contributed by atoms with van der Waals surface area (Å²) in [6, 6.07) is 7.57. The van der Waals surface area contributed by atoms with Crippen molar-refractivity contribution in [1.29, 1.82) is 0 Å². The molecule has 134 valence electrons. The van der Waals surface area contributed by atoms with E-state index in [2.05, 4.69) is 5.32 Å². The van der Waals surface area contributed by atoms with Crippen molar-refractivity contribution in [3.8, 4) is 5.75 Å². The molecule has 1 unspecified atom stereocenters. The monoisotopic (exact) mass is 367 g/mol. The highest BCUT2D eigenvalue weighted by molar-refractivity contribution is 7.89. The lowest BCUT2D eigenvalue weighted by atomic mass is 10.1. The molecule has 0 aliphatic heterocycles. The summed E-state index contributed by atoms with van der Waals surface area (Å²) in [6.45, 7) is 0. The largest absolute Gasteiger partial charge is 0.497 e. The van der Waals surface area contributed by atoms with E-state index < -0.39 is 27.8 Å². The maximum Gasteiger partial charge on any atom is 0.330 e. The molecule has 0 bridgehead atoms. The fourth-order valence-electron chi connectivity index (χ4n) is 2.12. The second-order valence-corrected chi connectivity index (χ2v) is 7.49. The van der Waals surface area contributed by atoms with Crippen LogP contribution in [0.2, 0.25) is 0 Å². The molecule has 25 heavy (non-hydrogen) atoms. The molecule has 1 heterocycles. The molecule has 2 N–H and O–H groups in total. The number of carboxylic acids is 1. The fourth-order valence-corrected chi connectivity index (χ4v) is 2.79. The predicted molar refractivity (Wildman–Crippen MR) is 88.1 cm³/mol. The Morgan fingerprint density at radius 1 is 1.20 bits per heavy atom. The van der Waals surface area contributed by atoms with Crippen molar-refractivity contribution in [3.63, 3.8) is 0 Å². The van der Waals surface area contributed by atoms with Crippen LogP contribution in [-0.4, -0.2) is 38.8 Å². The van der Waals surface area contributed by atoms with Crippen LogP contribution in [0.5, 0.6) is 5.75 Å². The van der Waals surface area contributed by atoms with Gasteiger partial charge < -0.3 is 19.6 Å². The SMILES string of the molecule is COc1ccc(C(NC(=O)c2ccc(CS(C)(=O)=O)o2)C(=O)O)cc1. The zero-order valence-electron chi connectivity index (χ0n) is 13.6. The zero-order chi connectivity index (χ0) is 18.6. The van der Waals surface area contributed by atoms with Crippen LogP contribution in [0, 0.1) is 0 Å². The summed E-state index contributed by atoms with van der Waals surface area (Å²) in [7, 11) is -1.82. The molecule has 1 amide bonds. The third-order valence-corrected chi connectivity index (χ3v) is 4.07. The number of furan rings is 1. The van der Waals surface area contributed by atoms with Gasteiger partial charge in [0.2, 0.25) is 0 Å². The summed E-state index contributed by atoms with van der Waals surface area (Å²) in [5, 5.41) is 11.7. The Hall–Kier alpha value is -2.81. The van der Waals surface area contributed by atoms with E-state index in [0.717, 1.165) is 6.26 Å². The van der Waals surface area contributed by atoms with E-state index in [-0.39, 0.29) is 17.3 Å². The number of nitrogens with one attached hydrogen (secondary N) is 1. The van der Waals surface area contributed by atoms with Gasteiger partial charge in [-0.15, -0.1) is 0 Å². The average molecular weight is 367 g/mol. The van der Waals surface area contributed by atoms with Crippen molar-refractivity contribution in [2.45, 2.75) is 11.8 Å². The van der Waals surface area contributed by atoms with Gasteiger partial charge in [0, 0.05) is 6.26 Å². The van der Waals surface area contributed by atoms with Crippen LogP contribution in [0.4, 0.5) is 0 Å². The number of hydrogen-bond donors (Lipinski definition) is 2. The summed E-state index contributed by atoms with van der Waals surface area (Å²) >= 11 is 0. The highest BCUT2D eigenvalue weighted by Crippen LogP contribution is 2.19. The van der Waals surface area contributed by atoms with Gasteiger partial charge in [-0.25, -0.2) is 13.2 Å². The third kappa shape index (κ3) is 5.08. The smallest absolute Gasteiger partial charge is 0.330 e. The number of aliphatic carboxylic acids is 1. The lowest BCUT2D eigenvalue weighted by Crippen LogP contribution is -2.33. The Labute approximate surface area is 144 Å². The van der Waals surface area contributed by atoms with Gasteiger partial charge in [-0.2, -0.15) is 0 Å². The topological polar surface area (TPSA) is 123 Å². The summed E-state index contributed by atoms with van der Waals surface area (Å²) < 4.78 is 32.6. The van der Waals surface area contributed by atoms with E-state index in [1.807, 2.05) is 0 Å². The van der Waals surface area contributed by atoms with E-state index in [9.17, 15) is 23.1 Å². The van der Waals surface area contributed by atoms with Crippen molar-refractivity contribution in [3.05, 3.63) is 53.5 Å². The number of sulfone groups is 1. The molecule has 0 aliphatic carbocycles. The summed E-state index contributed by atoms with van der Waals surface area (Å²) in [5.41, 5.74) is 0.351. The van der Waals surface area contributed by atoms with Gasteiger partial charge in [0.1, 0.15) is 17.3 Å². The Kier molecular flexibility index (Phi) is 5.48. The maximum atomic E-state index is 12.2. The maximum absolute atomic E-state index is 12.2. The molecule has 0 spiro atoms. The predicted octanol–water partition coefficient (Wildman–Crippen LogP) is 1.39. The van der Waals surface area contributed by atoms with Crippen LogP contribution in [-0.2, 0) is 20.4 Å². The van der Waals surface area contributed by atoms with Crippen LogP contribution >= 0.6 is 0 Å². The minimum Gasteiger partial charge on any atom is -0.497 e. The van der Waals surface area contributed by atoms with Gasteiger partial charge in [0.05, 0.1) is 7.11 Å². The van der Waals surface area contributed by atoms with Crippen LogP contribution < -0.4 is 10.1 Å². The van der Waals surface area contributed by atoms with Crippen molar-refractivity contribution >= 4 is 21.7 Å². The normalized spacial score (nSPS) is 12.4. The molecule has 9 heteroatoms. The van der Waals surface area contributed by atoms with Gasteiger partial charge in [0.15, 0.2) is 21.6 Å². The molecule has 0 radical (unpaired) electrons. The number of amides is 1. The van der Waals surface area contributed by atoms with E-state index in [1.165, 1.54) is 31.4 Å². The number of hydrogen-bond acceptors (Lipinski definition) is 6. The van der Waals surface area contributed by atoms with Crippen LogP contribution in [0.25, 0.3) is 0 Å². The number of ether oxygens (including phenoxy) is 1. The summed E-state index contributed by atoms with van der Waals surface area (Å²) in [4.78, 5) is 23.7. The second kappa shape index (κ2) is 7.39. The van der Waals surface area contributed by atoms with Crippen LogP contribution in [0.3, 0.4) is 0 Å². The Morgan fingerprint density at radius 2 is 1.84 bits per heavy atom. The average Bonchev–Trinajstić information content (AvgIpc) is 2.99. The Bertz CT molecular complexity index is 868. The molecule has 2 aromatic rings. The molecule has 0 aliphatic rings. The van der Waals surface area contributed by atoms with Crippen molar-refractivity contribution in [2.75, 3.05) is 13.4 Å². The van der Waals surface area contributed by atoms with Gasteiger partial charge in [-0.3, -0.25) is 4.79 Å². The van der Waals surface area contributed by atoms with E-state index in [4.69, 9.17) is 9.15 Å². The number of carbonyl (C=O) groups excluding carboxylic acids is 1. The number of benzene rings is 1. The molecule has 0 saturated carbocycles. The first-order valence-electron chi connectivity index (χ1n) is 7.13. The Balaban J connectivity index is 2.16. The van der Waals surface area contributed by atoms with Crippen molar-refractivity contribution < 1.29 is 32.3 Å². The van der Waals surface area contributed by atoms with Crippen molar-refractivity contribution in [1.82, 2.24) is 5.32 Å². The lowest BCUT2D eigenvalue weighted by Gasteiger charge is -2.14. The van der Waals surface area contributed by atoms with E-state index in [1.54, 1.807) is 12.1 Å². The number of rotatable bonds is 7. The van der Waals surface area contributed by atoms with Gasteiger partial charge in [-0.1, -0.05) is 12.1 Å². The molecule has 8 nitrogen and oxygen atoms in total. The molecule has 1 atom stereocenters. The number of carbonyl (C=O) groups is 2. The van der Waals surface area contributed by atoms with Crippen LogP contribution in [0.1, 0.15) is 27.9 Å². The molecular weight excluding hydrogens is 350 g/mol. The number of methoxy groups -OCH3 is 1. The molecule has 0 fully saturated rings. The van der Waals surface area contributed by atoms with Gasteiger partial charge in [0.25, 0.3) is 5.91 Å². The third-order valence-electron chi connectivity index (χ3n) is 3.26. The second-order valence-electron chi connectivity index (χ2n) is 5.35. The quantitative estimate of drug-likeness (QED) is 0.758. The van der Waals surface area contributed by atoms with Gasteiger partial charge in [-0.05, 0) is 29.8 Å². The zero-order valence-corrected chi connectivity index (χ0v) is 14.4. The lowest BCUT2D eigenvalue weighted by molar-refractivity contribution is -0.139. The molecule has 0 saturated heterocycles.